The van der Waals surface area contributed by atoms with Crippen LogP contribution in [0.1, 0.15) is 27.9 Å². The monoisotopic (exact) mass is 403 g/mol. The number of pyridine rings is 1. The predicted molar refractivity (Wildman–Crippen MR) is 98.7 cm³/mol. The molecule has 150 valence electrons. The highest BCUT2D eigenvalue weighted by Crippen LogP contribution is 2.29. The van der Waals surface area contributed by atoms with E-state index in [-0.39, 0.29) is 24.2 Å². The molecule has 0 saturated heterocycles. The molecule has 2 amide bonds. The largest absolute Gasteiger partial charge is 0.416 e. The van der Waals surface area contributed by atoms with Crippen LogP contribution in [0.4, 0.5) is 19.0 Å². The maximum absolute atomic E-state index is 12.6. The third-order valence-corrected chi connectivity index (χ3v) is 4.16. The van der Waals surface area contributed by atoms with Crippen molar-refractivity contribution in [1.82, 2.24) is 15.2 Å². The Labute approximate surface area is 163 Å². The van der Waals surface area contributed by atoms with Gasteiger partial charge in [-0.05, 0) is 36.2 Å². The number of aryl methyl sites for hydroxylation is 1. The molecule has 4 N–H and O–H groups in total. The molecule has 0 fully saturated rings. The molecule has 0 aliphatic rings. The Kier molecular flexibility index (Phi) is 5.62. The fraction of sp³-hybridized carbons (Fsp3) is 0.158. The normalized spacial score (nSPS) is 11.3. The molecule has 0 unspecified atom stereocenters. The van der Waals surface area contributed by atoms with E-state index in [0.717, 1.165) is 12.1 Å². The number of primary amides is 1. The molecule has 2 heterocycles. The highest BCUT2D eigenvalue weighted by molar-refractivity contribution is 6.06. The van der Waals surface area contributed by atoms with Gasteiger partial charge in [0, 0.05) is 24.4 Å². The molecular weight excluding hydrogens is 387 g/mol. The van der Waals surface area contributed by atoms with E-state index in [9.17, 15) is 22.8 Å². The number of amides is 2. The second-order valence-corrected chi connectivity index (χ2v) is 6.17. The fourth-order valence-electron chi connectivity index (χ4n) is 2.71. The first-order chi connectivity index (χ1) is 13.8. The number of hydrogen-bond acceptors (Lipinski definition) is 4. The van der Waals surface area contributed by atoms with Crippen molar-refractivity contribution < 1.29 is 22.8 Å². The Morgan fingerprint density at radius 2 is 1.72 bits per heavy atom. The molecule has 7 nitrogen and oxygen atoms in total. The van der Waals surface area contributed by atoms with Gasteiger partial charge >= 0.3 is 6.18 Å². The third-order valence-electron chi connectivity index (χ3n) is 4.16. The van der Waals surface area contributed by atoms with Gasteiger partial charge < -0.3 is 11.1 Å². The zero-order valence-electron chi connectivity index (χ0n) is 15.0. The number of benzene rings is 1. The lowest BCUT2D eigenvalue weighted by Crippen LogP contribution is -2.18. The molecule has 0 saturated carbocycles. The molecule has 0 atom stereocenters. The second kappa shape index (κ2) is 8.13. The molecular formula is C19H16F3N5O2. The number of anilines is 1. The van der Waals surface area contributed by atoms with Crippen molar-refractivity contribution in [3.8, 4) is 11.3 Å². The number of aromatic nitrogens is 3. The van der Waals surface area contributed by atoms with Gasteiger partial charge in [-0.1, -0.05) is 12.1 Å². The van der Waals surface area contributed by atoms with Gasteiger partial charge in [0.2, 0.25) is 5.91 Å². The van der Waals surface area contributed by atoms with E-state index in [1.165, 1.54) is 24.5 Å². The average molecular weight is 403 g/mol. The molecule has 29 heavy (non-hydrogen) atoms. The first kappa shape index (κ1) is 20.1. The van der Waals surface area contributed by atoms with Gasteiger partial charge in [0.05, 0.1) is 11.3 Å². The Hall–Kier alpha value is -3.69. The van der Waals surface area contributed by atoms with E-state index >= 15 is 0 Å². The van der Waals surface area contributed by atoms with Crippen LogP contribution in [-0.4, -0.2) is 27.0 Å². The third kappa shape index (κ3) is 4.78. The number of hydrogen-bond donors (Lipinski definition) is 3. The van der Waals surface area contributed by atoms with Crippen LogP contribution >= 0.6 is 0 Å². The van der Waals surface area contributed by atoms with Crippen molar-refractivity contribution in [2.75, 3.05) is 5.32 Å². The minimum Gasteiger partial charge on any atom is -0.365 e. The topological polar surface area (TPSA) is 114 Å². The molecule has 0 radical (unpaired) electrons. The van der Waals surface area contributed by atoms with Gasteiger partial charge in [0.25, 0.3) is 5.91 Å². The summed E-state index contributed by atoms with van der Waals surface area (Å²) < 4.78 is 37.8. The van der Waals surface area contributed by atoms with Crippen molar-refractivity contribution >= 4 is 17.6 Å². The molecule has 1 aromatic carbocycles. The number of aromatic amines is 1. The predicted octanol–water partition coefficient (Wildman–Crippen LogP) is 3.16. The highest BCUT2D eigenvalue weighted by Gasteiger charge is 2.30. The summed E-state index contributed by atoms with van der Waals surface area (Å²) in [5, 5.41) is 9.13. The molecule has 10 heteroatoms. The lowest BCUT2D eigenvalue weighted by Gasteiger charge is -2.08. The van der Waals surface area contributed by atoms with Gasteiger partial charge in [0.1, 0.15) is 5.56 Å². The van der Waals surface area contributed by atoms with Crippen LogP contribution in [0.2, 0.25) is 0 Å². The van der Waals surface area contributed by atoms with Crippen molar-refractivity contribution in [3.63, 3.8) is 0 Å². The molecule has 0 spiro atoms. The van der Waals surface area contributed by atoms with Crippen molar-refractivity contribution in [3.05, 3.63) is 65.5 Å². The van der Waals surface area contributed by atoms with Gasteiger partial charge in [-0.25, -0.2) is 0 Å². The van der Waals surface area contributed by atoms with E-state index in [4.69, 9.17) is 5.73 Å². The summed E-state index contributed by atoms with van der Waals surface area (Å²) in [5.74, 6) is -1.24. The van der Waals surface area contributed by atoms with Crippen LogP contribution in [0, 0.1) is 0 Å². The lowest BCUT2D eigenvalue weighted by molar-refractivity contribution is -0.137. The summed E-state index contributed by atoms with van der Waals surface area (Å²) in [4.78, 5) is 28.0. The van der Waals surface area contributed by atoms with Gasteiger partial charge in [-0.3, -0.25) is 19.7 Å². The number of halogens is 3. The summed E-state index contributed by atoms with van der Waals surface area (Å²) in [6.07, 6.45) is -1.14. The summed E-state index contributed by atoms with van der Waals surface area (Å²) in [6.45, 7) is 0. The summed E-state index contributed by atoms with van der Waals surface area (Å²) in [6, 6.07) is 7.87. The summed E-state index contributed by atoms with van der Waals surface area (Å²) in [7, 11) is 0. The van der Waals surface area contributed by atoms with Crippen LogP contribution in [-0.2, 0) is 17.4 Å². The maximum atomic E-state index is 12.6. The van der Waals surface area contributed by atoms with Gasteiger partial charge in [-0.2, -0.15) is 18.3 Å². The molecule has 0 bridgehead atoms. The summed E-state index contributed by atoms with van der Waals surface area (Å²) >= 11 is 0. The molecule has 0 aliphatic carbocycles. The maximum Gasteiger partial charge on any atom is 0.416 e. The molecule has 3 aromatic rings. The van der Waals surface area contributed by atoms with Crippen LogP contribution < -0.4 is 11.1 Å². The van der Waals surface area contributed by atoms with E-state index in [1.807, 2.05) is 0 Å². The van der Waals surface area contributed by atoms with E-state index in [1.54, 1.807) is 12.1 Å². The molecule has 2 aromatic heterocycles. The standard InChI is InChI=1S/C19H16F3N5O2/c20-19(21,22)13-4-1-11(2-5-13)3-6-14(28)25-18-15(17(23)29)16(26-27-18)12-7-9-24-10-8-12/h1-2,4-5,7-10H,3,6H2,(H2,23,29)(H2,25,26,27,28). The average Bonchev–Trinajstić information content (AvgIpc) is 3.10. The number of nitrogens with one attached hydrogen (secondary N) is 2. The number of alkyl halides is 3. The lowest BCUT2D eigenvalue weighted by atomic mass is 10.1. The number of carbonyl (C=O) groups is 2. The number of rotatable bonds is 6. The van der Waals surface area contributed by atoms with Crippen molar-refractivity contribution in [1.29, 1.82) is 0 Å². The first-order valence-electron chi connectivity index (χ1n) is 8.50. The number of nitrogens with two attached hydrogens (primary N) is 1. The van der Waals surface area contributed by atoms with Crippen LogP contribution in [0.25, 0.3) is 11.3 Å². The van der Waals surface area contributed by atoms with E-state index < -0.39 is 23.6 Å². The van der Waals surface area contributed by atoms with E-state index in [2.05, 4.69) is 20.5 Å². The number of nitrogens with zero attached hydrogens (tertiary/aromatic N) is 2. The van der Waals surface area contributed by atoms with Gasteiger partial charge in [0.15, 0.2) is 5.82 Å². The fourth-order valence-corrected chi connectivity index (χ4v) is 2.71. The highest BCUT2D eigenvalue weighted by atomic mass is 19.4. The van der Waals surface area contributed by atoms with E-state index in [0.29, 0.717) is 16.8 Å². The van der Waals surface area contributed by atoms with Crippen molar-refractivity contribution in [2.24, 2.45) is 5.73 Å². The Morgan fingerprint density at radius 1 is 1.07 bits per heavy atom. The minimum absolute atomic E-state index is 0.0123. The quantitative estimate of drug-likeness (QED) is 0.587. The molecule has 3 rings (SSSR count). The zero-order valence-corrected chi connectivity index (χ0v) is 15.0. The SMILES string of the molecule is NC(=O)c1c(NC(=O)CCc2ccc(C(F)(F)F)cc2)n[nH]c1-c1ccncc1. The second-order valence-electron chi connectivity index (χ2n) is 6.17. The Bertz CT molecular complexity index is 1010. The van der Waals surface area contributed by atoms with Crippen LogP contribution in [0.3, 0.4) is 0 Å². The Balaban J connectivity index is 1.68. The van der Waals surface area contributed by atoms with Crippen LogP contribution in [0.15, 0.2) is 48.8 Å². The number of H-pyrrole nitrogens is 1. The Morgan fingerprint density at radius 3 is 2.31 bits per heavy atom. The minimum atomic E-state index is -4.41. The summed E-state index contributed by atoms with van der Waals surface area (Å²) in [5.41, 5.74) is 6.24. The van der Waals surface area contributed by atoms with Crippen molar-refractivity contribution in [2.45, 2.75) is 19.0 Å². The smallest absolute Gasteiger partial charge is 0.365 e. The van der Waals surface area contributed by atoms with Gasteiger partial charge in [-0.15, -0.1) is 0 Å². The van der Waals surface area contributed by atoms with Crippen LogP contribution in [0.5, 0.6) is 0 Å². The first-order valence-corrected chi connectivity index (χ1v) is 8.50. The molecule has 0 aliphatic heterocycles. The number of carbonyl (C=O) groups excluding carboxylic acids is 2. The zero-order chi connectivity index (χ0) is 21.0.